The van der Waals surface area contributed by atoms with E-state index in [2.05, 4.69) is 19.2 Å². The first kappa shape index (κ1) is 19.3. The van der Waals surface area contributed by atoms with E-state index in [0.29, 0.717) is 23.0 Å². The molecule has 1 heterocycles. The fraction of sp³-hybridized carbons (Fsp3) is 0.524. The lowest BCUT2D eigenvalue weighted by atomic mass is 9.78. The fourth-order valence-corrected chi connectivity index (χ4v) is 3.74. The van der Waals surface area contributed by atoms with Crippen molar-refractivity contribution in [3.63, 3.8) is 0 Å². The van der Waals surface area contributed by atoms with E-state index in [-0.39, 0.29) is 24.1 Å². The molecule has 0 spiro atoms. The summed E-state index contributed by atoms with van der Waals surface area (Å²) in [6.07, 6.45) is 3.89. The highest BCUT2D eigenvalue weighted by Crippen LogP contribution is 2.29. The van der Waals surface area contributed by atoms with Crippen LogP contribution in [0.25, 0.3) is 11.0 Å². The average Bonchev–Trinajstić information content (AvgIpc) is 3.00. The molecule has 3 rings (SSSR count). The zero-order valence-corrected chi connectivity index (χ0v) is 16.0. The van der Waals surface area contributed by atoms with Crippen LogP contribution in [0.1, 0.15) is 45.6 Å². The van der Waals surface area contributed by atoms with Crippen molar-refractivity contribution >= 4 is 22.8 Å². The van der Waals surface area contributed by atoms with Crippen LogP contribution in [0.4, 0.5) is 0 Å². The Morgan fingerprint density at radius 1 is 1.33 bits per heavy atom. The minimum Gasteiger partial charge on any atom is -0.508 e. The second kappa shape index (κ2) is 8.03. The van der Waals surface area contributed by atoms with Crippen LogP contribution in [0.3, 0.4) is 0 Å². The highest BCUT2D eigenvalue weighted by atomic mass is 16.5. The van der Waals surface area contributed by atoms with Gasteiger partial charge in [-0.2, -0.15) is 0 Å². The number of fused-ring (bicyclic) bond motifs is 1. The first-order valence-electron chi connectivity index (χ1n) is 9.54. The largest absolute Gasteiger partial charge is 0.508 e. The molecule has 146 valence electrons. The van der Waals surface area contributed by atoms with Gasteiger partial charge in [0, 0.05) is 23.1 Å². The third kappa shape index (κ3) is 4.43. The Morgan fingerprint density at radius 2 is 2.11 bits per heavy atom. The van der Waals surface area contributed by atoms with Crippen molar-refractivity contribution in [3.05, 3.63) is 30.0 Å². The van der Waals surface area contributed by atoms with E-state index in [1.807, 2.05) is 0 Å². The number of phenols is 1. The van der Waals surface area contributed by atoms with E-state index in [0.717, 1.165) is 18.2 Å². The van der Waals surface area contributed by atoms with Gasteiger partial charge in [-0.05, 0) is 37.3 Å². The van der Waals surface area contributed by atoms with Crippen molar-refractivity contribution in [2.24, 2.45) is 11.8 Å². The highest BCUT2D eigenvalue weighted by Gasteiger charge is 2.30. The molecule has 0 aliphatic heterocycles. The van der Waals surface area contributed by atoms with E-state index >= 15 is 0 Å². The topological polar surface area (TPSA) is 88.8 Å². The third-order valence-electron chi connectivity index (χ3n) is 5.69. The number of rotatable bonds is 5. The molecule has 0 unspecified atom stereocenters. The number of furan rings is 1. The number of hydrogen-bond acceptors (Lipinski definition) is 5. The molecule has 1 amide bonds. The summed E-state index contributed by atoms with van der Waals surface area (Å²) >= 11 is 0. The van der Waals surface area contributed by atoms with E-state index < -0.39 is 12.1 Å². The van der Waals surface area contributed by atoms with Crippen LogP contribution in [-0.4, -0.2) is 29.1 Å². The van der Waals surface area contributed by atoms with Gasteiger partial charge in [0.1, 0.15) is 11.3 Å². The van der Waals surface area contributed by atoms with Gasteiger partial charge in [-0.1, -0.05) is 26.7 Å². The number of amides is 1. The molecule has 27 heavy (non-hydrogen) atoms. The monoisotopic (exact) mass is 373 g/mol. The number of ether oxygens (including phenoxy) is 1. The predicted molar refractivity (Wildman–Crippen MR) is 101 cm³/mol. The van der Waals surface area contributed by atoms with Crippen molar-refractivity contribution in [1.82, 2.24) is 5.32 Å². The first-order chi connectivity index (χ1) is 12.8. The zero-order valence-electron chi connectivity index (χ0n) is 16.0. The molecule has 1 aliphatic carbocycles. The molecular weight excluding hydrogens is 346 g/mol. The Kier molecular flexibility index (Phi) is 5.73. The smallest absolute Gasteiger partial charge is 0.311 e. The third-order valence-corrected chi connectivity index (χ3v) is 5.69. The summed E-state index contributed by atoms with van der Waals surface area (Å²) in [7, 11) is 0. The molecule has 6 nitrogen and oxygen atoms in total. The number of carbonyl (C=O) groups is 2. The number of nitrogens with one attached hydrogen (secondary N) is 1. The molecule has 1 aliphatic rings. The number of carbonyl (C=O) groups excluding carboxylic acids is 2. The Morgan fingerprint density at radius 3 is 2.89 bits per heavy atom. The van der Waals surface area contributed by atoms with Gasteiger partial charge in [0.2, 0.25) is 0 Å². The molecule has 1 aromatic heterocycles. The molecule has 0 saturated heterocycles. The summed E-state index contributed by atoms with van der Waals surface area (Å²) in [5.74, 6) is 0.354. The Hall–Kier alpha value is -2.50. The lowest BCUT2D eigenvalue weighted by Crippen LogP contribution is -2.47. The fourth-order valence-electron chi connectivity index (χ4n) is 3.74. The van der Waals surface area contributed by atoms with Gasteiger partial charge in [0.15, 0.2) is 6.10 Å². The van der Waals surface area contributed by atoms with Crippen LogP contribution in [0, 0.1) is 11.8 Å². The maximum Gasteiger partial charge on any atom is 0.311 e. The van der Waals surface area contributed by atoms with Gasteiger partial charge in [-0.3, -0.25) is 9.59 Å². The number of benzene rings is 1. The Bertz CT molecular complexity index is 827. The minimum atomic E-state index is -0.843. The van der Waals surface area contributed by atoms with Crippen LogP contribution in [0.2, 0.25) is 0 Å². The molecule has 1 saturated carbocycles. The number of aromatic hydroxyl groups is 1. The van der Waals surface area contributed by atoms with Crippen LogP contribution in [0.15, 0.2) is 28.9 Å². The number of phenolic OH excluding ortho intramolecular Hbond substituents is 1. The van der Waals surface area contributed by atoms with Crippen molar-refractivity contribution in [1.29, 1.82) is 0 Å². The summed E-state index contributed by atoms with van der Waals surface area (Å²) in [5.41, 5.74) is 1.17. The van der Waals surface area contributed by atoms with Crippen LogP contribution in [-0.2, 0) is 20.7 Å². The van der Waals surface area contributed by atoms with E-state index in [1.165, 1.54) is 24.8 Å². The molecule has 0 radical (unpaired) electrons. The van der Waals surface area contributed by atoms with Crippen LogP contribution >= 0.6 is 0 Å². The van der Waals surface area contributed by atoms with Gasteiger partial charge >= 0.3 is 5.97 Å². The summed E-state index contributed by atoms with van der Waals surface area (Å²) in [6.45, 7) is 5.96. The van der Waals surface area contributed by atoms with Crippen molar-refractivity contribution in [3.8, 4) is 5.75 Å². The van der Waals surface area contributed by atoms with Crippen LogP contribution in [0.5, 0.6) is 5.75 Å². The van der Waals surface area contributed by atoms with E-state index in [9.17, 15) is 14.7 Å². The molecule has 0 bridgehead atoms. The average molecular weight is 373 g/mol. The van der Waals surface area contributed by atoms with Gasteiger partial charge in [0.25, 0.3) is 5.91 Å². The van der Waals surface area contributed by atoms with Crippen LogP contribution < -0.4 is 5.32 Å². The van der Waals surface area contributed by atoms with Gasteiger partial charge in [-0.25, -0.2) is 0 Å². The highest BCUT2D eigenvalue weighted by molar-refractivity contribution is 5.88. The molecule has 4 atom stereocenters. The Balaban J connectivity index is 1.55. The molecule has 2 N–H and O–H groups in total. The van der Waals surface area contributed by atoms with Crippen molar-refractivity contribution in [2.45, 2.75) is 58.6 Å². The lowest BCUT2D eigenvalue weighted by molar-refractivity contribution is -0.154. The molecule has 6 heteroatoms. The second-order valence-electron chi connectivity index (χ2n) is 7.63. The quantitative estimate of drug-likeness (QED) is 0.783. The van der Waals surface area contributed by atoms with Gasteiger partial charge in [-0.15, -0.1) is 0 Å². The van der Waals surface area contributed by atoms with Gasteiger partial charge in [0.05, 0.1) is 12.7 Å². The summed E-state index contributed by atoms with van der Waals surface area (Å²) in [6, 6.07) is 4.85. The molecule has 1 fully saturated rings. The first-order valence-corrected chi connectivity index (χ1v) is 9.54. The van der Waals surface area contributed by atoms with E-state index in [4.69, 9.17) is 9.15 Å². The minimum absolute atomic E-state index is 0.00621. The van der Waals surface area contributed by atoms with Crippen molar-refractivity contribution in [2.75, 3.05) is 0 Å². The van der Waals surface area contributed by atoms with Gasteiger partial charge < -0.3 is 19.6 Å². The summed E-state index contributed by atoms with van der Waals surface area (Å²) in [5, 5.41) is 13.3. The molecule has 2 aromatic rings. The van der Waals surface area contributed by atoms with E-state index in [1.54, 1.807) is 13.0 Å². The number of hydrogen-bond donors (Lipinski definition) is 2. The SMILES string of the molecule is C[C@@H]1[C@H](C)CCC[C@H]1NC(=O)[C@@H](C)OC(=O)Cc1coc2cc(O)ccc12. The lowest BCUT2D eigenvalue weighted by Gasteiger charge is -2.35. The molecule has 1 aromatic carbocycles. The predicted octanol–water partition coefficient (Wildman–Crippen LogP) is 3.55. The summed E-state index contributed by atoms with van der Waals surface area (Å²) in [4.78, 5) is 24.7. The zero-order chi connectivity index (χ0) is 19.6. The maximum atomic E-state index is 12.4. The summed E-state index contributed by atoms with van der Waals surface area (Å²) < 4.78 is 10.7. The van der Waals surface area contributed by atoms with Crippen molar-refractivity contribution < 1.29 is 23.8 Å². The maximum absolute atomic E-state index is 12.4. The standard InChI is InChI=1S/C21H27NO5/c1-12-5-4-6-18(13(12)2)22-21(25)14(3)27-20(24)9-15-11-26-19-10-16(23)7-8-17(15)19/h7-8,10-14,18,23H,4-6,9H2,1-3H3,(H,22,25)/t12-,13-,14-,18-/m1/s1. The Labute approximate surface area is 158 Å². The normalized spacial score (nSPS) is 23.7. The number of esters is 1. The second-order valence-corrected chi connectivity index (χ2v) is 7.63. The molecular formula is C21H27NO5.